The van der Waals surface area contributed by atoms with Crippen molar-refractivity contribution in [2.24, 2.45) is 0 Å². The largest absolute Gasteiger partial charge is 0.352 e. The van der Waals surface area contributed by atoms with Crippen LogP contribution in [0.1, 0.15) is 23.7 Å². The van der Waals surface area contributed by atoms with Crippen molar-refractivity contribution in [3.8, 4) is 0 Å². The summed E-state index contributed by atoms with van der Waals surface area (Å²) in [7, 11) is -1.54. The Kier molecular flexibility index (Phi) is 5.98. The first-order valence-corrected chi connectivity index (χ1v) is 7.92. The van der Waals surface area contributed by atoms with Gasteiger partial charge in [0.1, 0.15) is 0 Å². The standard InChI is InChI=1S/C13H20N2O3S/c1-3-19(17,18)12-8-5-4-7-11(12)13(16)15-10-6-9-14-2/h4-5,7-8,14H,3,6,9-10H2,1-2H3,(H,15,16). The zero-order valence-corrected chi connectivity index (χ0v) is 12.1. The fourth-order valence-corrected chi connectivity index (χ4v) is 2.74. The van der Waals surface area contributed by atoms with E-state index in [4.69, 9.17) is 0 Å². The molecule has 1 amide bonds. The van der Waals surface area contributed by atoms with Gasteiger partial charge in [-0.05, 0) is 32.1 Å². The van der Waals surface area contributed by atoms with Crippen molar-refractivity contribution in [1.82, 2.24) is 10.6 Å². The molecule has 0 atom stereocenters. The molecular weight excluding hydrogens is 264 g/mol. The van der Waals surface area contributed by atoms with Gasteiger partial charge in [-0.15, -0.1) is 0 Å². The van der Waals surface area contributed by atoms with E-state index in [1.807, 2.05) is 7.05 Å². The number of carbonyl (C=O) groups excluding carboxylic acids is 1. The van der Waals surface area contributed by atoms with Crippen LogP contribution in [-0.4, -0.2) is 40.2 Å². The summed E-state index contributed by atoms with van der Waals surface area (Å²) in [5.41, 5.74) is 0.216. The lowest BCUT2D eigenvalue weighted by Gasteiger charge is -2.09. The van der Waals surface area contributed by atoms with Crippen LogP contribution in [0.15, 0.2) is 29.2 Å². The number of nitrogens with one attached hydrogen (secondary N) is 2. The molecule has 0 aliphatic carbocycles. The molecule has 0 fully saturated rings. The van der Waals surface area contributed by atoms with Crippen LogP contribution in [0.25, 0.3) is 0 Å². The molecule has 1 rings (SSSR count). The molecule has 0 heterocycles. The maximum absolute atomic E-state index is 12.0. The minimum Gasteiger partial charge on any atom is -0.352 e. The summed E-state index contributed by atoms with van der Waals surface area (Å²) >= 11 is 0. The normalized spacial score (nSPS) is 11.3. The molecule has 0 saturated carbocycles. The number of amides is 1. The summed E-state index contributed by atoms with van der Waals surface area (Å²) in [6, 6.07) is 6.30. The van der Waals surface area contributed by atoms with Gasteiger partial charge < -0.3 is 10.6 Å². The zero-order valence-electron chi connectivity index (χ0n) is 11.3. The van der Waals surface area contributed by atoms with E-state index >= 15 is 0 Å². The monoisotopic (exact) mass is 284 g/mol. The van der Waals surface area contributed by atoms with Gasteiger partial charge in [0.15, 0.2) is 9.84 Å². The topological polar surface area (TPSA) is 75.3 Å². The van der Waals surface area contributed by atoms with Gasteiger partial charge in [0.05, 0.1) is 16.2 Å². The minimum absolute atomic E-state index is 0.0168. The van der Waals surface area contributed by atoms with Crippen molar-refractivity contribution >= 4 is 15.7 Å². The summed E-state index contributed by atoms with van der Waals surface area (Å²) in [6.07, 6.45) is 0.797. The molecule has 0 saturated heterocycles. The highest BCUT2D eigenvalue weighted by molar-refractivity contribution is 7.91. The number of benzene rings is 1. The summed E-state index contributed by atoms with van der Waals surface area (Å²) < 4.78 is 23.8. The van der Waals surface area contributed by atoms with Gasteiger partial charge in [0, 0.05) is 6.54 Å². The van der Waals surface area contributed by atoms with E-state index in [1.54, 1.807) is 19.1 Å². The molecule has 19 heavy (non-hydrogen) atoms. The van der Waals surface area contributed by atoms with Crippen molar-refractivity contribution in [2.75, 3.05) is 25.9 Å². The second kappa shape index (κ2) is 7.25. The molecule has 0 radical (unpaired) electrons. The Bertz CT molecular complexity index is 526. The van der Waals surface area contributed by atoms with Crippen LogP contribution in [0.4, 0.5) is 0 Å². The summed E-state index contributed by atoms with van der Waals surface area (Å²) in [6.45, 7) is 2.88. The van der Waals surface area contributed by atoms with Crippen LogP contribution < -0.4 is 10.6 Å². The third kappa shape index (κ3) is 4.33. The van der Waals surface area contributed by atoms with Gasteiger partial charge in [-0.3, -0.25) is 4.79 Å². The lowest BCUT2D eigenvalue weighted by molar-refractivity contribution is 0.0950. The molecule has 0 aromatic heterocycles. The second-order valence-electron chi connectivity index (χ2n) is 4.11. The van der Waals surface area contributed by atoms with Crippen LogP contribution in [0, 0.1) is 0 Å². The Morgan fingerprint density at radius 1 is 1.21 bits per heavy atom. The Morgan fingerprint density at radius 3 is 2.53 bits per heavy atom. The van der Waals surface area contributed by atoms with Crippen molar-refractivity contribution in [3.05, 3.63) is 29.8 Å². The Morgan fingerprint density at radius 2 is 1.89 bits per heavy atom. The number of hydrogen-bond donors (Lipinski definition) is 2. The van der Waals surface area contributed by atoms with Gasteiger partial charge in [0.25, 0.3) is 5.91 Å². The van der Waals surface area contributed by atoms with E-state index in [1.165, 1.54) is 12.1 Å². The fraction of sp³-hybridized carbons (Fsp3) is 0.462. The van der Waals surface area contributed by atoms with E-state index < -0.39 is 9.84 Å². The molecule has 106 valence electrons. The molecule has 6 heteroatoms. The Balaban J connectivity index is 2.86. The first-order chi connectivity index (χ1) is 9.03. The highest BCUT2D eigenvalue weighted by Crippen LogP contribution is 2.16. The summed E-state index contributed by atoms with van der Waals surface area (Å²) in [5, 5.41) is 5.71. The third-order valence-corrected chi connectivity index (χ3v) is 4.52. The van der Waals surface area contributed by atoms with Gasteiger partial charge >= 0.3 is 0 Å². The van der Waals surface area contributed by atoms with Gasteiger partial charge in [-0.2, -0.15) is 0 Å². The van der Waals surface area contributed by atoms with E-state index in [0.717, 1.165) is 13.0 Å². The molecule has 0 spiro atoms. The molecule has 2 N–H and O–H groups in total. The average Bonchev–Trinajstić information content (AvgIpc) is 2.43. The van der Waals surface area contributed by atoms with E-state index in [2.05, 4.69) is 10.6 Å². The summed E-state index contributed by atoms with van der Waals surface area (Å²) in [4.78, 5) is 12.1. The molecule has 0 aliphatic heterocycles. The van der Waals surface area contributed by atoms with E-state index in [0.29, 0.717) is 6.54 Å². The zero-order chi connectivity index (χ0) is 14.3. The molecule has 0 unspecified atom stereocenters. The van der Waals surface area contributed by atoms with Gasteiger partial charge in [-0.25, -0.2) is 8.42 Å². The number of sulfone groups is 1. The van der Waals surface area contributed by atoms with Crippen LogP contribution in [0.3, 0.4) is 0 Å². The third-order valence-electron chi connectivity index (χ3n) is 2.74. The smallest absolute Gasteiger partial charge is 0.252 e. The molecule has 1 aromatic carbocycles. The first kappa shape index (κ1) is 15.7. The van der Waals surface area contributed by atoms with Crippen LogP contribution in [0.2, 0.25) is 0 Å². The number of rotatable bonds is 7. The summed E-state index contributed by atoms with van der Waals surface area (Å²) in [5.74, 6) is -0.361. The van der Waals surface area contributed by atoms with E-state index in [9.17, 15) is 13.2 Å². The van der Waals surface area contributed by atoms with Crippen molar-refractivity contribution < 1.29 is 13.2 Å². The maximum atomic E-state index is 12.0. The maximum Gasteiger partial charge on any atom is 0.252 e. The Hall–Kier alpha value is -1.40. The lowest BCUT2D eigenvalue weighted by Crippen LogP contribution is -2.28. The quantitative estimate of drug-likeness (QED) is 0.727. The molecule has 1 aromatic rings. The fourth-order valence-electron chi connectivity index (χ4n) is 1.64. The predicted molar refractivity (Wildman–Crippen MR) is 75.0 cm³/mol. The van der Waals surface area contributed by atoms with Gasteiger partial charge in [-0.1, -0.05) is 19.1 Å². The molecule has 0 bridgehead atoms. The van der Waals surface area contributed by atoms with Crippen molar-refractivity contribution in [2.45, 2.75) is 18.2 Å². The van der Waals surface area contributed by atoms with Crippen molar-refractivity contribution in [3.63, 3.8) is 0 Å². The minimum atomic E-state index is -3.38. The highest BCUT2D eigenvalue weighted by Gasteiger charge is 2.19. The van der Waals surface area contributed by atoms with E-state index in [-0.39, 0.29) is 22.1 Å². The van der Waals surface area contributed by atoms with Crippen molar-refractivity contribution in [1.29, 1.82) is 0 Å². The average molecular weight is 284 g/mol. The van der Waals surface area contributed by atoms with Crippen LogP contribution in [0.5, 0.6) is 0 Å². The number of carbonyl (C=O) groups is 1. The molecular formula is C13H20N2O3S. The van der Waals surface area contributed by atoms with Crippen LogP contribution in [-0.2, 0) is 9.84 Å². The first-order valence-electron chi connectivity index (χ1n) is 6.27. The lowest BCUT2D eigenvalue weighted by atomic mass is 10.2. The highest BCUT2D eigenvalue weighted by atomic mass is 32.2. The molecule has 0 aliphatic rings. The SMILES string of the molecule is CCS(=O)(=O)c1ccccc1C(=O)NCCCNC. The van der Waals surface area contributed by atoms with Crippen LogP contribution >= 0.6 is 0 Å². The Labute approximate surface area is 114 Å². The predicted octanol–water partition coefficient (Wildman–Crippen LogP) is 0.819. The van der Waals surface area contributed by atoms with Gasteiger partial charge in [0.2, 0.25) is 0 Å². The second-order valence-corrected chi connectivity index (χ2v) is 6.36. The molecule has 5 nitrogen and oxygen atoms in total. The number of hydrogen-bond acceptors (Lipinski definition) is 4.